The van der Waals surface area contributed by atoms with Crippen LogP contribution in [0.2, 0.25) is 0 Å². The number of piperidine rings is 1. The van der Waals surface area contributed by atoms with Crippen molar-refractivity contribution in [2.24, 2.45) is 16.1 Å². The molecule has 1 aromatic carbocycles. The molecule has 2 aliphatic rings. The topological polar surface area (TPSA) is 121 Å². The second-order valence-corrected chi connectivity index (χ2v) is 6.97. The number of carbonyl (C=O) groups is 1. The van der Waals surface area contributed by atoms with E-state index in [0.29, 0.717) is 38.8 Å². The largest absolute Gasteiger partial charge is 0.480 e. The van der Waals surface area contributed by atoms with Gasteiger partial charge < -0.3 is 20.9 Å². The van der Waals surface area contributed by atoms with Crippen molar-refractivity contribution in [3.63, 3.8) is 0 Å². The van der Waals surface area contributed by atoms with Crippen molar-refractivity contribution in [1.82, 2.24) is 4.90 Å². The lowest BCUT2D eigenvalue weighted by atomic mass is 9.84. The van der Waals surface area contributed by atoms with E-state index >= 15 is 0 Å². The van der Waals surface area contributed by atoms with Crippen molar-refractivity contribution < 1.29 is 19.8 Å². The van der Waals surface area contributed by atoms with Gasteiger partial charge in [0.15, 0.2) is 0 Å². The van der Waals surface area contributed by atoms with Crippen LogP contribution < -0.4 is 5.84 Å². The van der Waals surface area contributed by atoms with Crippen LogP contribution in [0, 0.1) is 0 Å². The molecule has 1 atom stereocenters. The molecule has 0 saturated carbocycles. The molecule has 0 aliphatic carbocycles. The van der Waals surface area contributed by atoms with Crippen LogP contribution in [0.5, 0.6) is 0 Å². The predicted octanol–water partition coefficient (Wildman–Crippen LogP) is 0.774. The first-order chi connectivity index (χ1) is 12.5. The van der Waals surface area contributed by atoms with Crippen LogP contribution in [0.25, 0.3) is 0 Å². The van der Waals surface area contributed by atoms with E-state index in [9.17, 15) is 9.90 Å². The Morgan fingerprint density at radius 3 is 2.69 bits per heavy atom. The number of hydrogen-bond donors (Lipinski definition) is 3. The molecule has 2 heterocycles. The Hall–Kier alpha value is -2.45. The molecule has 3 rings (SSSR count). The molecule has 0 radical (unpaired) electrons. The molecular formula is C18H24N4O4. The van der Waals surface area contributed by atoms with Crippen LogP contribution in [-0.2, 0) is 9.63 Å². The quantitative estimate of drug-likeness (QED) is 0.391. The summed E-state index contributed by atoms with van der Waals surface area (Å²) in [4.78, 5) is 18.2. The van der Waals surface area contributed by atoms with E-state index in [4.69, 9.17) is 15.8 Å². The lowest BCUT2D eigenvalue weighted by molar-refractivity contribution is -0.140. The summed E-state index contributed by atoms with van der Waals surface area (Å²) in [5.74, 6) is 4.31. The van der Waals surface area contributed by atoms with Gasteiger partial charge in [-0.15, -0.1) is 0 Å². The summed E-state index contributed by atoms with van der Waals surface area (Å²) >= 11 is 0. The smallest absolute Gasteiger partial charge is 0.317 e. The van der Waals surface area contributed by atoms with E-state index in [2.05, 4.69) is 10.3 Å². The fourth-order valence-electron chi connectivity index (χ4n) is 3.50. The lowest BCUT2D eigenvalue weighted by Gasteiger charge is -2.38. The number of nitrogens with zero attached hydrogens (tertiary/aromatic N) is 3. The zero-order chi connectivity index (χ0) is 18.6. The fraction of sp³-hybridized carbons (Fsp3) is 0.500. The van der Waals surface area contributed by atoms with Gasteiger partial charge in [0.05, 0.1) is 24.1 Å². The molecular weight excluding hydrogens is 336 g/mol. The summed E-state index contributed by atoms with van der Waals surface area (Å²) in [5.41, 5.74) is 1.92. The van der Waals surface area contributed by atoms with Crippen molar-refractivity contribution >= 4 is 17.9 Å². The molecule has 1 fully saturated rings. The van der Waals surface area contributed by atoms with Gasteiger partial charge in [-0.25, -0.2) is 0 Å². The van der Waals surface area contributed by atoms with Crippen LogP contribution in [-0.4, -0.2) is 64.3 Å². The van der Waals surface area contributed by atoms with Crippen LogP contribution in [0.15, 0.2) is 34.5 Å². The van der Waals surface area contributed by atoms with E-state index in [-0.39, 0.29) is 12.6 Å². The second kappa shape index (κ2) is 7.84. The molecule has 1 saturated heterocycles. The summed E-state index contributed by atoms with van der Waals surface area (Å²) in [7, 11) is 0. The minimum atomic E-state index is -0.837. The number of carboxylic acid groups (broad SMARTS) is 1. The lowest BCUT2D eigenvalue weighted by Crippen LogP contribution is -2.47. The monoisotopic (exact) mass is 360 g/mol. The highest BCUT2D eigenvalue weighted by atomic mass is 16.6. The maximum Gasteiger partial charge on any atom is 0.317 e. The van der Waals surface area contributed by atoms with Crippen molar-refractivity contribution in [3.8, 4) is 0 Å². The minimum Gasteiger partial charge on any atom is -0.480 e. The first kappa shape index (κ1) is 18.3. The van der Waals surface area contributed by atoms with Gasteiger partial charge in [0, 0.05) is 25.9 Å². The number of hydrazone groups is 1. The maximum atomic E-state index is 10.8. The van der Waals surface area contributed by atoms with Crippen molar-refractivity contribution in [3.05, 3.63) is 35.4 Å². The van der Waals surface area contributed by atoms with E-state index < -0.39 is 11.6 Å². The highest BCUT2D eigenvalue weighted by molar-refractivity contribution is 6.01. The van der Waals surface area contributed by atoms with E-state index in [0.717, 1.165) is 16.8 Å². The number of nitrogens with two attached hydrogens (primary N) is 1. The Labute approximate surface area is 151 Å². The van der Waals surface area contributed by atoms with E-state index in [1.54, 1.807) is 6.21 Å². The number of aliphatic hydroxyl groups is 1. The van der Waals surface area contributed by atoms with Gasteiger partial charge in [0.2, 0.25) is 0 Å². The van der Waals surface area contributed by atoms with Crippen molar-refractivity contribution in [2.45, 2.75) is 37.4 Å². The van der Waals surface area contributed by atoms with Gasteiger partial charge in [-0.1, -0.05) is 29.4 Å². The Morgan fingerprint density at radius 1 is 1.38 bits per heavy atom. The molecule has 2 aliphatic heterocycles. The van der Waals surface area contributed by atoms with Gasteiger partial charge in [-0.3, -0.25) is 9.69 Å². The summed E-state index contributed by atoms with van der Waals surface area (Å²) in [6.45, 7) is 1.18. The Balaban J connectivity index is 1.51. The summed E-state index contributed by atoms with van der Waals surface area (Å²) in [5, 5.41) is 27.3. The first-order valence-electron chi connectivity index (χ1n) is 8.70. The molecule has 26 heavy (non-hydrogen) atoms. The van der Waals surface area contributed by atoms with Crippen LogP contribution in [0.1, 0.15) is 36.8 Å². The van der Waals surface area contributed by atoms with Crippen LogP contribution >= 0.6 is 0 Å². The maximum absolute atomic E-state index is 10.8. The van der Waals surface area contributed by atoms with Gasteiger partial charge in [0.1, 0.15) is 6.10 Å². The average molecular weight is 360 g/mol. The molecule has 0 bridgehead atoms. The van der Waals surface area contributed by atoms with Crippen LogP contribution in [0.4, 0.5) is 0 Å². The molecule has 8 nitrogen and oxygen atoms in total. The minimum absolute atomic E-state index is 0.0220. The van der Waals surface area contributed by atoms with Gasteiger partial charge in [-0.2, -0.15) is 5.10 Å². The van der Waals surface area contributed by atoms with E-state index in [1.165, 1.54) is 0 Å². The molecule has 1 unspecified atom stereocenters. The van der Waals surface area contributed by atoms with E-state index in [1.807, 2.05) is 29.2 Å². The normalized spacial score (nSPS) is 23.0. The molecule has 0 spiro atoms. The number of aliphatic carboxylic acids is 1. The number of hydrogen-bond acceptors (Lipinski definition) is 7. The highest BCUT2D eigenvalue weighted by Crippen LogP contribution is 2.31. The van der Waals surface area contributed by atoms with Gasteiger partial charge >= 0.3 is 5.97 Å². The van der Waals surface area contributed by atoms with Gasteiger partial charge in [0.25, 0.3) is 0 Å². The number of oxime groups is 1. The van der Waals surface area contributed by atoms with Crippen molar-refractivity contribution in [2.75, 3.05) is 19.6 Å². The second-order valence-electron chi connectivity index (χ2n) is 6.97. The molecule has 0 aromatic heterocycles. The highest BCUT2D eigenvalue weighted by Gasteiger charge is 2.37. The molecule has 1 aromatic rings. The third-order valence-electron chi connectivity index (χ3n) is 4.95. The number of carboxylic acids is 1. The Bertz CT molecular complexity index is 694. The van der Waals surface area contributed by atoms with Crippen LogP contribution in [0.3, 0.4) is 0 Å². The fourth-order valence-corrected chi connectivity index (χ4v) is 3.50. The summed E-state index contributed by atoms with van der Waals surface area (Å²) in [6.07, 6.45) is 3.65. The standard InChI is InChI=1S/C18H24N4O4/c19-20-11-13-1-3-14(4-2-13)16-9-15(26-21-16)10-18(25)5-7-22(8-6-18)12-17(23)24/h1-4,11,15,25H,5-10,12,19H2,(H,23,24). The third-order valence-corrected chi connectivity index (χ3v) is 4.95. The number of likely N-dealkylation sites (tertiary alicyclic amines) is 1. The first-order valence-corrected chi connectivity index (χ1v) is 8.70. The summed E-state index contributed by atoms with van der Waals surface area (Å²) < 4.78 is 0. The van der Waals surface area contributed by atoms with Gasteiger partial charge in [-0.05, 0) is 24.0 Å². The van der Waals surface area contributed by atoms with Crippen molar-refractivity contribution in [1.29, 1.82) is 0 Å². The number of rotatable bonds is 6. The molecule has 4 N–H and O–H groups in total. The zero-order valence-electron chi connectivity index (χ0n) is 14.5. The average Bonchev–Trinajstić information content (AvgIpc) is 3.06. The Morgan fingerprint density at radius 2 is 2.08 bits per heavy atom. The molecule has 140 valence electrons. The third kappa shape index (κ3) is 4.59. The molecule has 8 heteroatoms. The summed E-state index contributed by atoms with van der Waals surface area (Å²) in [6, 6.07) is 7.71. The molecule has 0 amide bonds. The Kier molecular flexibility index (Phi) is 5.53. The predicted molar refractivity (Wildman–Crippen MR) is 97.1 cm³/mol. The SMILES string of the molecule is NN=Cc1ccc(C2=NOC(CC3(O)CCN(CC(=O)O)CC3)C2)cc1. The number of benzene rings is 1. The zero-order valence-corrected chi connectivity index (χ0v) is 14.5.